The smallest absolute Gasteiger partial charge is 0.417 e. The van der Waals surface area contributed by atoms with E-state index in [1.165, 1.54) is 4.90 Å². The number of rotatable bonds is 5. The van der Waals surface area contributed by atoms with Gasteiger partial charge in [0.15, 0.2) is 0 Å². The highest BCUT2D eigenvalue weighted by atomic mass is 16.6. The average Bonchev–Trinajstić information content (AvgIpc) is 2.80. The second-order valence-electron chi connectivity index (χ2n) is 5.74. The standard InChI is InChI=1S/C17H21NO3/c1-12(2)9-13(3)10-16(19)18-15(11-21-17(18)20)14-7-5-4-6-8-14/h4-8,13,15H,1,9-11H2,2-3H3/t13-,15-/m0/s1. The van der Waals surface area contributed by atoms with Gasteiger partial charge in [-0.05, 0) is 24.8 Å². The van der Waals surface area contributed by atoms with Gasteiger partial charge in [0, 0.05) is 6.42 Å². The van der Waals surface area contributed by atoms with E-state index in [1.807, 2.05) is 44.2 Å². The molecule has 0 aromatic heterocycles. The summed E-state index contributed by atoms with van der Waals surface area (Å²) in [6.07, 6.45) is 0.562. The Morgan fingerprint density at radius 2 is 2.05 bits per heavy atom. The fraction of sp³-hybridized carbons (Fsp3) is 0.412. The Labute approximate surface area is 125 Å². The van der Waals surface area contributed by atoms with Gasteiger partial charge in [0.2, 0.25) is 5.91 Å². The molecule has 4 heteroatoms. The summed E-state index contributed by atoms with van der Waals surface area (Å²) in [5, 5.41) is 0. The van der Waals surface area contributed by atoms with Crippen molar-refractivity contribution < 1.29 is 14.3 Å². The number of ether oxygens (including phenoxy) is 1. The van der Waals surface area contributed by atoms with Crippen LogP contribution in [-0.4, -0.2) is 23.5 Å². The summed E-state index contributed by atoms with van der Waals surface area (Å²) in [5.74, 6) is -0.0140. The zero-order chi connectivity index (χ0) is 15.4. The number of carbonyl (C=O) groups excluding carboxylic acids is 2. The number of imide groups is 1. The summed E-state index contributed by atoms with van der Waals surface area (Å²) >= 11 is 0. The molecule has 4 nitrogen and oxygen atoms in total. The van der Waals surface area contributed by atoms with Crippen molar-refractivity contribution in [2.45, 2.75) is 32.7 Å². The van der Waals surface area contributed by atoms with E-state index in [4.69, 9.17) is 4.74 Å². The van der Waals surface area contributed by atoms with Crippen LogP contribution >= 0.6 is 0 Å². The van der Waals surface area contributed by atoms with Gasteiger partial charge < -0.3 is 4.74 Å². The molecule has 0 bridgehead atoms. The van der Waals surface area contributed by atoms with Gasteiger partial charge >= 0.3 is 6.09 Å². The van der Waals surface area contributed by atoms with E-state index >= 15 is 0 Å². The molecule has 1 aromatic carbocycles. The number of hydrogen-bond donors (Lipinski definition) is 0. The maximum Gasteiger partial charge on any atom is 0.417 e. The van der Waals surface area contributed by atoms with E-state index in [-0.39, 0.29) is 24.5 Å². The molecule has 1 heterocycles. The van der Waals surface area contributed by atoms with E-state index < -0.39 is 6.09 Å². The maximum absolute atomic E-state index is 12.4. The summed E-state index contributed by atoms with van der Waals surface area (Å²) in [4.78, 5) is 25.5. The Morgan fingerprint density at radius 3 is 2.67 bits per heavy atom. The largest absolute Gasteiger partial charge is 0.446 e. The second-order valence-corrected chi connectivity index (χ2v) is 5.74. The van der Waals surface area contributed by atoms with Crippen molar-refractivity contribution in [2.75, 3.05) is 6.61 Å². The molecule has 0 spiro atoms. The Morgan fingerprint density at radius 1 is 1.38 bits per heavy atom. The quantitative estimate of drug-likeness (QED) is 0.776. The molecule has 2 amide bonds. The van der Waals surface area contributed by atoms with Crippen molar-refractivity contribution in [3.05, 3.63) is 48.0 Å². The normalized spacial score (nSPS) is 19.2. The summed E-state index contributed by atoms with van der Waals surface area (Å²) < 4.78 is 5.06. The van der Waals surface area contributed by atoms with Gasteiger partial charge in [-0.1, -0.05) is 42.8 Å². The van der Waals surface area contributed by atoms with Crippen LogP contribution < -0.4 is 0 Å². The highest BCUT2D eigenvalue weighted by Crippen LogP contribution is 2.29. The summed E-state index contributed by atoms with van der Waals surface area (Å²) in [6, 6.07) is 9.19. The van der Waals surface area contributed by atoms with Crippen LogP contribution in [0.15, 0.2) is 42.5 Å². The third-order valence-electron chi connectivity index (χ3n) is 3.55. The van der Waals surface area contributed by atoms with Crippen molar-refractivity contribution in [1.82, 2.24) is 4.90 Å². The first-order chi connectivity index (χ1) is 9.99. The lowest BCUT2D eigenvalue weighted by atomic mass is 9.98. The van der Waals surface area contributed by atoms with E-state index in [0.717, 1.165) is 17.6 Å². The van der Waals surface area contributed by atoms with Gasteiger partial charge in [-0.2, -0.15) is 0 Å². The topological polar surface area (TPSA) is 46.6 Å². The van der Waals surface area contributed by atoms with Gasteiger partial charge in [-0.15, -0.1) is 6.58 Å². The average molecular weight is 287 g/mol. The van der Waals surface area contributed by atoms with Crippen molar-refractivity contribution >= 4 is 12.0 Å². The Balaban J connectivity index is 2.10. The van der Waals surface area contributed by atoms with Crippen LogP contribution in [0.2, 0.25) is 0 Å². The molecule has 0 radical (unpaired) electrons. The van der Waals surface area contributed by atoms with Crippen LogP contribution in [0.1, 0.15) is 38.3 Å². The lowest BCUT2D eigenvalue weighted by Crippen LogP contribution is -2.35. The number of amides is 2. The predicted molar refractivity (Wildman–Crippen MR) is 80.6 cm³/mol. The molecule has 1 aliphatic heterocycles. The van der Waals surface area contributed by atoms with Gasteiger partial charge in [-0.3, -0.25) is 4.79 Å². The lowest BCUT2D eigenvalue weighted by molar-refractivity contribution is -0.130. The van der Waals surface area contributed by atoms with Crippen LogP contribution in [0.3, 0.4) is 0 Å². The van der Waals surface area contributed by atoms with Gasteiger partial charge in [0.25, 0.3) is 0 Å². The molecular formula is C17H21NO3. The monoisotopic (exact) mass is 287 g/mol. The number of benzene rings is 1. The molecule has 1 aliphatic rings. The molecule has 1 fully saturated rings. The van der Waals surface area contributed by atoms with E-state index in [1.54, 1.807) is 0 Å². The zero-order valence-corrected chi connectivity index (χ0v) is 12.5. The minimum absolute atomic E-state index is 0.167. The van der Waals surface area contributed by atoms with Crippen LogP contribution in [0, 0.1) is 5.92 Å². The number of hydrogen-bond acceptors (Lipinski definition) is 3. The molecule has 0 unspecified atom stereocenters. The molecule has 0 N–H and O–H groups in total. The Kier molecular flexibility index (Phi) is 4.78. The molecule has 1 saturated heterocycles. The van der Waals surface area contributed by atoms with Gasteiger partial charge in [-0.25, -0.2) is 9.69 Å². The van der Waals surface area contributed by atoms with Crippen LogP contribution in [0.25, 0.3) is 0 Å². The zero-order valence-electron chi connectivity index (χ0n) is 12.5. The molecule has 2 atom stereocenters. The Hall–Kier alpha value is -2.10. The minimum atomic E-state index is -0.545. The first-order valence-corrected chi connectivity index (χ1v) is 7.17. The second kappa shape index (κ2) is 6.57. The number of nitrogens with zero attached hydrogens (tertiary/aromatic N) is 1. The first kappa shape index (κ1) is 15.3. The highest BCUT2D eigenvalue weighted by molar-refractivity contribution is 5.93. The third kappa shape index (κ3) is 3.72. The molecular weight excluding hydrogens is 266 g/mol. The Bertz CT molecular complexity index is 538. The number of carbonyl (C=O) groups is 2. The van der Waals surface area contributed by atoms with Crippen LogP contribution in [0.5, 0.6) is 0 Å². The fourth-order valence-corrected chi connectivity index (χ4v) is 2.68. The molecule has 2 rings (SSSR count). The van der Waals surface area contributed by atoms with Crippen LogP contribution in [0.4, 0.5) is 4.79 Å². The summed E-state index contributed by atoms with van der Waals surface area (Å²) in [5.41, 5.74) is 1.96. The summed E-state index contributed by atoms with van der Waals surface area (Å²) in [6.45, 7) is 8.02. The van der Waals surface area contributed by atoms with Crippen molar-refractivity contribution in [2.24, 2.45) is 5.92 Å². The lowest BCUT2D eigenvalue weighted by Gasteiger charge is -2.21. The molecule has 0 saturated carbocycles. The number of allylic oxidation sites excluding steroid dienone is 1. The van der Waals surface area contributed by atoms with Gasteiger partial charge in [0.05, 0.1) is 0 Å². The van der Waals surface area contributed by atoms with Gasteiger partial charge in [0.1, 0.15) is 12.6 Å². The fourth-order valence-electron chi connectivity index (χ4n) is 2.68. The van der Waals surface area contributed by atoms with E-state index in [2.05, 4.69) is 6.58 Å². The predicted octanol–water partition coefficient (Wildman–Crippen LogP) is 3.70. The molecule has 112 valence electrons. The number of cyclic esters (lactones) is 1. The van der Waals surface area contributed by atoms with Crippen LogP contribution in [-0.2, 0) is 9.53 Å². The van der Waals surface area contributed by atoms with E-state index in [9.17, 15) is 9.59 Å². The van der Waals surface area contributed by atoms with E-state index in [0.29, 0.717) is 6.42 Å². The third-order valence-corrected chi connectivity index (χ3v) is 3.55. The first-order valence-electron chi connectivity index (χ1n) is 7.17. The SMILES string of the molecule is C=C(C)C[C@H](C)CC(=O)N1C(=O)OC[C@H]1c1ccccc1. The molecule has 1 aromatic rings. The minimum Gasteiger partial charge on any atom is -0.446 e. The van der Waals surface area contributed by atoms with Crippen molar-refractivity contribution in [1.29, 1.82) is 0 Å². The summed E-state index contributed by atoms with van der Waals surface area (Å²) in [7, 11) is 0. The molecule has 0 aliphatic carbocycles. The highest BCUT2D eigenvalue weighted by Gasteiger charge is 2.38. The van der Waals surface area contributed by atoms with Crippen molar-refractivity contribution in [3.8, 4) is 0 Å². The molecule has 21 heavy (non-hydrogen) atoms. The van der Waals surface area contributed by atoms with Crippen molar-refractivity contribution in [3.63, 3.8) is 0 Å². The maximum atomic E-state index is 12.4.